The number of carbonyl (C=O) groups excluding carboxylic acids is 1. The molecule has 1 saturated heterocycles. The largest absolute Gasteiger partial charge is 0.394 e. The predicted octanol–water partition coefficient (Wildman–Crippen LogP) is 0.683. The van der Waals surface area contributed by atoms with E-state index in [0.717, 1.165) is 0 Å². The molecule has 1 fully saturated rings. The summed E-state index contributed by atoms with van der Waals surface area (Å²) in [6.45, 7) is 9.54. The smallest absolute Gasteiger partial charge is 0.152 e. The predicted molar refractivity (Wildman–Crippen MR) is 62.3 cm³/mol. The van der Waals surface area contributed by atoms with Gasteiger partial charge in [0.15, 0.2) is 5.78 Å². The Balaban J connectivity index is 2.54. The maximum absolute atomic E-state index is 11.9. The lowest BCUT2D eigenvalue weighted by atomic mass is 9.90. The first-order valence-electron chi connectivity index (χ1n) is 5.84. The molecule has 0 aromatic carbocycles. The summed E-state index contributed by atoms with van der Waals surface area (Å²) in [6, 6.07) is 0.245. The molecule has 0 bridgehead atoms. The molecule has 0 amide bonds. The van der Waals surface area contributed by atoms with Gasteiger partial charge in [0.2, 0.25) is 0 Å². The molecule has 0 saturated carbocycles. The maximum atomic E-state index is 11.9. The number of hydrogen-bond donors (Lipinski definition) is 1. The van der Waals surface area contributed by atoms with Crippen molar-refractivity contribution in [3.05, 3.63) is 0 Å². The van der Waals surface area contributed by atoms with E-state index in [0.29, 0.717) is 19.7 Å². The third kappa shape index (κ3) is 3.54. The zero-order chi connectivity index (χ0) is 12.3. The summed E-state index contributed by atoms with van der Waals surface area (Å²) in [4.78, 5) is 14.0. The maximum Gasteiger partial charge on any atom is 0.152 e. The fourth-order valence-corrected chi connectivity index (χ4v) is 1.63. The lowest BCUT2D eigenvalue weighted by Crippen LogP contribution is -2.52. The van der Waals surface area contributed by atoms with Crippen molar-refractivity contribution in [2.24, 2.45) is 5.41 Å². The number of aliphatic hydroxyl groups excluding tert-OH is 1. The van der Waals surface area contributed by atoms with Gasteiger partial charge >= 0.3 is 0 Å². The number of hydrogen-bond acceptors (Lipinski definition) is 4. The van der Waals surface area contributed by atoms with Crippen LogP contribution < -0.4 is 0 Å². The Bertz CT molecular complexity index is 247. The minimum absolute atomic E-state index is 0.0208. The Kier molecular flexibility index (Phi) is 4.47. The number of ketones is 1. The number of rotatable bonds is 3. The molecule has 1 rings (SSSR count). The minimum atomic E-state index is -0.299. The van der Waals surface area contributed by atoms with Crippen LogP contribution in [0, 0.1) is 5.41 Å². The highest BCUT2D eigenvalue weighted by atomic mass is 16.5. The van der Waals surface area contributed by atoms with E-state index in [-0.39, 0.29) is 30.0 Å². The summed E-state index contributed by atoms with van der Waals surface area (Å²) in [5, 5.41) is 9.05. The number of ether oxygens (including phenoxy) is 1. The van der Waals surface area contributed by atoms with Crippen LogP contribution in [0.5, 0.6) is 0 Å². The Hall–Kier alpha value is -0.450. The Morgan fingerprint density at radius 2 is 2.12 bits per heavy atom. The van der Waals surface area contributed by atoms with Gasteiger partial charge in [0.25, 0.3) is 0 Å². The average Bonchev–Trinajstić information content (AvgIpc) is 2.19. The Morgan fingerprint density at radius 1 is 1.50 bits per heavy atom. The molecular weight excluding hydrogens is 206 g/mol. The van der Waals surface area contributed by atoms with Crippen LogP contribution in [0.2, 0.25) is 0 Å². The van der Waals surface area contributed by atoms with E-state index in [1.165, 1.54) is 0 Å². The molecule has 0 aliphatic carbocycles. The van der Waals surface area contributed by atoms with Gasteiger partial charge in [-0.05, 0) is 6.92 Å². The van der Waals surface area contributed by atoms with Crippen molar-refractivity contribution in [2.75, 3.05) is 26.3 Å². The first-order valence-corrected chi connectivity index (χ1v) is 5.84. The number of Topliss-reactive ketones (excluding diaryl/α,β-unsaturated/α-hetero) is 1. The molecule has 1 aliphatic heterocycles. The summed E-state index contributed by atoms with van der Waals surface area (Å²) < 4.78 is 5.43. The van der Waals surface area contributed by atoms with Gasteiger partial charge in [-0.3, -0.25) is 9.69 Å². The van der Waals surface area contributed by atoms with Gasteiger partial charge in [-0.1, -0.05) is 20.8 Å². The molecule has 0 radical (unpaired) electrons. The zero-order valence-corrected chi connectivity index (χ0v) is 10.7. The number of nitrogens with zero attached hydrogens (tertiary/aromatic N) is 1. The van der Waals surface area contributed by atoms with E-state index in [9.17, 15) is 4.79 Å². The molecule has 1 N–H and O–H groups in total. The fraction of sp³-hybridized carbons (Fsp3) is 0.917. The Labute approximate surface area is 97.6 Å². The SMILES string of the molecule is CC1COC(CO)CN1CC(=O)C(C)(C)C. The third-order valence-corrected chi connectivity index (χ3v) is 3.02. The van der Waals surface area contributed by atoms with Gasteiger partial charge in [-0.15, -0.1) is 0 Å². The van der Waals surface area contributed by atoms with Crippen LogP contribution in [0.15, 0.2) is 0 Å². The number of aliphatic hydroxyl groups is 1. The van der Waals surface area contributed by atoms with Gasteiger partial charge in [0.05, 0.1) is 25.9 Å². The zero-order valence-electron chi connectivity index (χ0n) is 10.7. The van der Waals surface area contributed by atoms with Crippen molar-refractivity contribution in [3.63, 3.8) is 0 Å². The lowest BCUT2D eigenvalue weighted by molar-refractivity contribution is -0.132. The Morgan fingerprint density at radius 3 is 2.62 bits per heavy atom. The van der Waals surface area contributed by atoms with Crippen LogP contribution >= 0.6 is 0 Å². The highest BCUT2D eigenvalue weighted by Gasteiger charge is 2.30. The average molecular weight is 229 g/mol. The summed E-state index contributed by atoms with van der Waals surface area (Å²) in [7, 11) is 0. The minimum Gasteiger partial charge on any atom is -0.394 e. The molecule has 4 heteroatoms. The van der Waals surface area contributed by atoms with Crippen molar-refractivity contribution < 1.29 is 14.6 Å². The second kappa shape index (κ2) is 5.25. The molecule has 0 spiro atoms. The topological polar surface area (TPSA) is 49.8 Å². The number of morpholine rings is 1. The quantitative estimate of drug-likeness (QED) is 0.773. The van der Waals surface area contributed by atoms with Gasteiger partial charge in [-0.25, -0.2) is 0 Å². The lowest BCUT2D eigenvalue weighted by Gasteiger charge is -2.38. The van der Waals surface area contributed by atoms with E-state index in [1.807, 2.05) is 27.7 Å². The first-order chi connectivity index (χ1) is 7.34. The van der Waals surface area contributed by atoms with Gasteiger partial charge in [0, 0.05) is 18.0 Å². The molecule has 2 unspecified atom stereocenters. The van der Waals surface area contributed by atoms with Gasteiger partial charge < -0.3 is 9.84 Å². The van der Waals surface area contributed by atoms with Crippen LogP contribution in [0.4, 0.5) is 0 Å². The van der Waals surface area contributed by atoms with E-state index in [2.05, 4.69) is 4.90 Å². The number of carbonyl (C=O) groups is 1. The first kappa shape index (κ1) is 13.6. The third-order valence-electron chi connectivity index (χ3n) is 3.02. The van der Waals surface area contributed by atoms with Crippen molar-refractivity contribution in [1.29, 1.82) is 0 Å². The van der Waals surface area contributed by atoms with Crippen molar-refractivity contribution in [2.45, 2.75) is 39.8 Å². The molecule has 16 heavy (non-hydrogen) atoms. The molecule has 1 aliphatic rings. The standard InChI is InChI=1S/C12H23NO3/c1-9-8-16-10(7-14)5-13(9)6-11(15)12(2,3)4/h9-10,14H,5-8H2,1-4H3. The van der Waals surface area contributed by atoms with Crippen molar-refractivity contribution in [3.8, 4) is 0 Å². The van der Waals surface area contributed by atoms with Crippen LogP contribution in [-0.4, -0.2) is 54.2 Å². The molecule has 2 atom stereocenters. The second-order valence-electron chi connectivity index (χ2n) is 5.59. The summed E-state index contributed by atoms with van der Waals surface area (Å²) in [5.41, 5.74) is -0.299. The van der Waals surface area contributed by atoms with E-state index in [1.54, 1.807) is 0 Å². The summed E-state index contributed by atoms with van der Waals surface area (Å²) in [5.74, 6) is 0.234. The summed E-state index contributed by atoms with van der Waals surface area (Å²) in [6.07, 6.45) is -0.149. The molecule has 1 heterocycles. The van der Waals surface area contributed by atoms with E-state index >= 15 is 0 Å². The molecule has 4 nitrogen and oxygen atoms in total. The molecule has 0 aromatic heterocycles. The van der Waals surface area contributed by atoms with Crippen LogP contribution in [0.25, 0.3) is 0 Å². The van der Waals surface area contributed by atoms with Gasteiger partial charge in [-0.2, -0.15) is 0 Å². The van der Waals surface area contributed by atoms with E-state index in [4.69, 9.17) is 9.84 Å². The van der Waals surface area contributed by atoms with Crippen LogP contribution in [0.3, 0.4) is 0 Å². The van der Waals surface area contributed by atoms with Crippen LogP contribution in [0.1, 0.15) is 27.7 Å². The van der Waals surface area contributed by atoms with Gasteiger partial charge in [0.1, 0.15) is 0 Å². The molecule has 0 aromatic rings. The van der Waals surface area contributed by atoms with Crippen LogP contribution in [-0.2, 0) is 9.53 Å². The van der Waals surface area contributed by atoms with Crippen molar-refractivity contribution in [1.82, 2.24) is 4.90 Å². The van der Waals surface area contributed by atoms with Crippen molar-refractivity contribution >= 4 is 5.78 Å². The monoisotopic (exact) mass is 229 g/mol. The summed E-state index contributed by atoms with van der Waals surface area (Å²) >= 11 is 0. The highest BCUT2D eigenvalue weighted by molar-refractivity contribution is 5.85. The highest BCUT2D eigenvalue weighted by Crippen LogP contribution is 2.18. The normalized spacial score (nSPS) is 28.1. The second-order valence-corrected chi connectivity index (χ2v) is 5.59. The molecular formula is C12H23NO3. The molecule has 94 valence electrons. The van der Waals surface area contributed by atoms with E-state index < -0.39 is 0 Å². The fourth-order valence-electron chi connectivity index (χ4n) is 1.63.